The molecule has 0 unspecified atom stereocenters. The fraction of sp³-hybridized carbons (Fsp3) is 0.231. The minimum Gasteiger partial charge on any atom is -0.494 e. The molecule has 1 heterocycles. The highest BCUT2D eigenvalue weighted by Crippen LogP contribution is 2.34. The van der Waals surface area contributed by atoms with Gasteiger partial charge in [0, 0.05) is 30.4 Å². The van der Waals surface area contributed by atoms with Crippen molar-refractivity contribution in [3.63, 3.8) is 0 Å². The topological polar surface area (TPSA) is 74.6 Å². The molecule has 0 aliphatic carbocycles. The van der Waals surface area contributed by atoms with Gasteiger partial charge in [0.1, 0.15) is 23.3 Å². The monoisotopic (exact) mass is 517 g/mol. The van der Waals surface area contributed by atoms with Crippen LogP contribution in [0.2, 0.25) is 0 Å². The Morgan fingerprint density at radius 3 is 2.49 bits per heavy atom. The summed E-state index contributed by atoms with van der Waals surface area (Å²) in [5.74, 6) is -0.644. The van der Waals surface area contributed by atoms with Gasteiger partial charge in [0.25, 0.3) is 0 Å². The molecule has 7 nitrogen and oxygen atoms in total. The molecule has 0 aliphatic rings. The molecule has 0 bridgehead atoms. The predicted molar refractivity (Wildman–Crippen MR) is 129 cm³/mol. The number of ether oxygens (including phenoxy) is 3. The van der Waals surface area contributed by atoms with Crippen LogP contribution in [0, 0.1) is 12.7 Å². The summed E-state index contributed by atoms with van der Waals surface area (Å²) >= 11 is 0. The maximum Gasteiger partial charge on any atom is 0.390 e. The first-order valence-corrected chi connectivity index (χ1v) is 11.1. The van der Waals surface area contributed by atoms with Gasteiger partial charge in [-0.05, 0) is 42.8 Å². The van der Waals surface area contributed by atoms with Crippen molar-refractivity contribution in [2.75, 3.05) is 26.1 Å². The van der Waals surface area contributed by atoms with Gasteiger partial charge in [-0.1, -0.05) is 0 Å². The van der Waals surface area contributed by atoms with Crippen molar-refractivity contribution < 1.29 is 36.6 Å². The molecule has 1 N–H and O–H groups in total. The third-order valence-electron chi connectivity index (χ3n) is 5.60. The number of fused-ring (bicyclic) bond motifs is 1. The molecule has 3 aromatic carbocycles. The molecule has 4 aromatic rings. The van der Waals surface area contributed by atoms with Gasteiger partial charge >= 0.3 is 12.1 Å². The molecule has 194 valence electrons. The number of methoxy groups -OCH3 is 2. The average Bonchev–Trinajstić information content (AvgIpc) is 3.27. The van der Waals surface area contributed by atoms with Crippen LogP contribution < -0.4 is 14.8 Å². The largest absolute Gasteiger partial charge is 0.494 e. The summed E-state index contributed by atoms with van der Waals surface area (Å²) in [6.07, 6.45) is -3.86. The average molecular weight is 517 g/mol. The molecule has 0 spiro atoms. The van der Waals surface area contributed by atoms with Gasteiger partial charge in [0.05, 0.1) is 37.4 Å². The first-order valence-electron chi connectivity index (χ1n) is 11.1. The van der Waals surface area contributed by atoms with Crippen LogP contribution in [0.5, 0.6) is 17.2 Å². The fourth-order valence-electron chi connectivity index (χ4n) is 3.81. The minimum atomic E-state index is -4.33. The van der Waals surface area contributed by atoms with Crippen LogP contribution in [0.4, 0.5) is 23.2 Å². The van der Waals surface area contributed by atoms with E-state index >= 15 is 0 Å². The van der Waals surface area contributed by atoms with Crippen molar-refractivity contribution in [3.8, 4) is 22.9 Å². The number of rotatable bonds is 8. The minimum absolute atomic E-state index is 0.0427. The van der Waals surface area contributed by atoms with Crippen LogP contribution in [0.25, 0.3) is 16.7 Å². The van der Waals surface area contributed by atoms with Gasteiger partial charge in [-0.25, -0.2) is 14.2 Å². The summed E-state index contributed by atoms with van der Waals surface area (Å²) in [7, 11) is 2.63. The van der Waals surface area contributed by atoms with E-state index in [0.717, 1.165) is 6.07 Å². The van der Waals surface area contributed by atoms with E-state index in [-0.39, 0.29) is 23.8 Å². The first kappa shape index (κ1) is 25.8. The molecule has 0 fully saturated rings. The van der Waals surface area contributed by atoms with E-state index < -0.39 is 24.4 Å². The quantitative estimate of drug-likeness (QED) is 0.215. The first-order chi connectivity index (χ1) is 17.6. The number of hydrogen-bond acceptors (Lipinski definition) is 6. The van der Waals surface area contributed by atoms with Crippen molar-refractivity contribution in [2.45, 2.75) is 19.5 Å². The lowest BCUT2D eigenvalue weighted by Gasteiger charge is -2.14. The lowest BCUT2D eigenvalue weighted by Crippen LogP contribution is -2.14. The molecule has 0 amide bonds. The molecule has 0 atom stereocenters. The van der Waals surface area contributed by atoms with Gasteiger partial charge in [-0.2, -0.15) is 13.2 Å². The van der Waals surface area contributed by atoms with Crippen molar-refractivity contribution >= 4 is 22.7 Å². The maximum absolute atomic E-state index is 14.2. The van der Waals surface area contributed by atoms with Crippen LogP contribution in [-0.2, 0) is 4.74 Å². The number of imidazole rings is 1. The van der Waals surface area contributed by atoms with Crippen molar-refractivity contribution in [1.29, 1.82) is 0 Å². The number of carbonyl (C=O) groups excluding carboxylic acids is 1. The smallest absolute Gasteiger partial charge is 0.390 e. The number of halogens is 4. The Labute approximate surface area is 209 Å². The van der Waals surface area contributed by atoms with Crippen LogP contribution in [0.3, 0.4) is 0 Å². The second-order valence-electron chi connectivity index (χ2n) is 8.13. The van der Waals surface area contributed by atoms with E-state index in [1.807, 2.05) is 0 Å². The molecular formula is C26H23F4N3O4. The van der Waals surface area contributed by atoms with Crippen LogP contribution in [-0.4, -0.2) is 42.5 Å². The molecule has 0 saturated heterocycles. The molecule has 1 aromatic heterocycles. The fourth-order valence-corrected chi connectivity index (χ4v) is 3.81. The molecule has 4 rings (SSSR count). The lowest BCUT2D eigenvalue weighted by atomic mass is 10.1. The molecule has 0 radical (unpaired) electrons. The van der Waals surface area contributed by atoms with Gasteiger partial charge < -0.3 is 19.5 Å². The van der Waals surface area contributed by atoms with E-state index in [1.54, 1.807) is 35.8 Å². The van der Waals surface area contributed by atoms with Crippen molar-refractivity contribution in [2.24, 2.45) is 0 Å². The Morgan fingerprint density at radius 1 is 1.05 bits per heavy atom. The number of aryl methyl sites for hydroxylation is 1. The van der Waals surface area contributed by atoms with Gasteiger partial charge in [-0.15, -0.1) is 0 Å². The summed E-state index contributed by atoms with van der Waals surface area (Å²) in [4.78, 5) is 16.4. The number of alkyl halides is 3. The Balaban J connectivity index is 1.76. The Morgan fingerprint density at radius 2 is 1.84 bits per heavy atom. The highest BCUT2D eigenvalue weighted by molar-refractivity contribution is 5.93. The van der Waals surface area contributed by atoms with Gasteiger partial charge in [-0.3, -0.25) is 4.57 Å². The Kier molecular flexibility index (Phi) is 7.23. The summed E-state index contributed by atoms with van der Waals surface area (Å²) in [6, 6.07) is 12.3. The molecule has 37 heavy (non-hydrogen) atoms. The number of benzene rings is 3. The number of hydrogen-bond donors (Lipinski definition) is 1. The van der Waals surface area contributed by atoms with E-state index in [4.69, 9.17) is 14.2 Å². The highest BCUT2D eigenvalue weighted by Gasteiger charge is 2.26. The Hall–Kier alpha value is -4.28. The number of nitrogens with one attached hydrogen (secondary N) is 1. The lowest BCUT2D eigenvalue weighted by molar-refractivity contribution is -0.131. The molecule has 0 saturated carbocycles. The number of aromatic nitrogens is 2. The maximum atomic E-state index is 14.2. The zero-order valence-electron chi connectivity index (χ0n) is 20.1. The SMILES string of the molecule is COC(=O)c1ccc(-n2cnc3c(NCCC(F)(F)F)cc(Oc4ccc(OC)c(F)c4)cc32)cc1C. The van der Waals surface area contributed by atoms with Gasteiger partial charge in [0.2, 0.25) is 0 Å². The number of esters is 1. The van der Waals surface area contributed by atoms with E-state index in [2.05, 4.69) is 10.3 Å². The van der Waals surface area contributed by atoms with Crippen molar-refractivity contribution in [3.05, 3.63) is 71.8 Å². The number of carbonyl (C=O) groups is 1. The van der Waals surface area contributed by atoms with E-state index in [0.29, 0.717) is 33.5 Å². The number of nitrogens with zero attached hydrogens (tertiary/aromatic N) is 2. The molecule has 11 heteroatoms. The summed E-state index contributed by atoms with van der Waals surface area (Å²) in [5, 5.41) is 2.78. The zero-order chi connectivity index (χ0) is 26.7. The predicted octanol–water partition coefficient (Wildman–Crippen LogP) is 6.42. The summed E-state index contributed by atoms with van der Waals surface area (Å²) in [6.45, 7) is 1.38. The second kappa shape index (κ2) is 10.4. The Bertz CT molecular complexity index is 1450. The van der Waals surface area contributed by atoms with Crippen molar-refractivity contribution in [1.82, 2.24) is 9.55 Å². The van der Waals surface area contributed by atoms with E-state index in [9.17, 15) is 22.4 Å². The van der Waals surface area contributed by atoms with Crippen LogP contribution in [0.15, 0.2) is 54.9 Å². The normalized spacial score (nSPS) is 11.4. The van der Waals surface area contributed by atoms with Gasteiger partial charge in [0.15, 0.2) is 11.6 Å². The zero-order valence-corrected chi connectivity index (χ0v) is 20.1. The summed E-state index contributed by atoms with van der Waals surface area (Å²) in [5.41, 5.74) is 2.96. The standard InChI is InChI=1S/C26H23F4N3O4/c1-15-10-16(4-6-19(15)25(34)36-3)33-14-32-24-21(31-9-8-26(28,29)30)12-18(13-22(24)33)37-17-5-7-23(35-2)20(27)11-17/h4-7,10-14,31H,8-9H2,1-3H3. The molecule has 0 aliphatic heterocycles. The van der Waals surface area contributed by atoms with E-state index in [1.165, 1.54) is 38.7 Å². The van der Waals surface area contributed by atoms with Crippen LogP contribution >= 0.6 is 0 Å². The number of anilines is 1. The molecular weight excluding hydrogens is 494 g/mol. The summed E-state index contributed by atoms with van der Waals surface area (Å²) < 4.78 is 69.7. The third-order valence-corrected chi connectivity index (χ3v) is 5.60. The second-order valence-corrected chi connectivity index (χ2v) is 8.13. The third kappa shape index (κ3) is 5.76. The van der Waals surface area contributed by atoms with Crippen LogP contribution in [0.1, 0.15) is 22.3 Å². The highest BCUT2D eigenvalue weighted by atomic mass is 19.4.